The molecule has 0 aromatic heterocycles. The number of rotatable bonds is 1. The Morgan fingerprint density at radius 1 is 0.957 bits per heavy atom. The minimum atomic E-state index is 0.136. The number of fused-ring (bicyclic) bond motifs is 2. The van der Waals surface area contributed by atoms with Gasteiger partial charge in [0.15, 0.2) is 0 Å². The van der Waals surface area contributed by atoms with Crippen LogP contribution in [0.2, 0.25) is 0 Å². The average Bonchev–Trinajstić information content (AvgIpc) is 3.32. The normalized spacial score (nSPS) is 26.7. The van der Waals surface area contributed by atoms with Gasteiger partial charge < -0.3 is 4.90 Å². The lowest BCUT2D eigenvalue weighted by Gasteiger charge is -2.36. The summed E-state index contributed by atoms with van der Waals surface area (Å²) in [6.45, 7) is 6.63. The second-order valence-corrected chi connectivity index (χ2v) is 8.54. The maximum atomic E-state index is 13.0. The molecule has 0 spiro atoms. The van der Waals surface area contributed by atoms with Crippen molar-refractivity contribution in [3.05, 3.63) is 46.5 Å². The van der Waals surface area contributed by atoms with Crippen molar-refractivity contribution in [1.82, 2.24) is 4.90 Å². The third kappa shape index (κ3) is 2.73. The molecule has 1 aliphatic carbocycles. The molecular weight excluding hydrogens is 282 g/mol. The van der Waals surface area contributed by atoms with Gasteiger partial charge in [-0.2, -0.15) is 0 Å². The van der Waals surface area contributed by atoms with Crippen LogP contribution in [-0.4, -0.2) is 22.9 Å². The van der Waals surface area contributed by atoms with Crippen LogP contribution in [0.4, 0.5) is 0 Å². The Hall–Kier alpha value is -1.57. The van der Waals surface area contributed by atoms with E-state index in [-0.39, 0.29) is 11.3 Å². The highest BCUT2D eigenvalue weighted by Crippen LogP contribution is 2.45. The maximum Gasteiger partial charge on any atom is 0.254 e. The molecule has 1 aromatic carbocycles. The van der Waals surface area contributed by atoms with Crippen molar-refractivity contribution in [3.63, 3.8) is 0 Å². The molecule has 2 heteroatoms. The molecule has 2 atom stereocenters. The second-order valence-electron chi connectivity index (χ2n) is 8.54. The molecule has 23 heavy (non-hydrogen) atoms. The zero-order valence-electron chi connectivity index (χ0n) is 14.6. The molecule has 0 radical (unpaired) electrons. The van der Waals surface area contributed by atoms with Crippen LogP contribution >= 0.6 is 0 Å². The topological polar surface area (TPSA) is 20.3 Å². The van der Waals surface area contributed by atoms with Gasteiger partial charge in [-0.15, -0.1) is 0 Å². The highest BCUT2D eigenvalue weighted by Gasteiger charge is 2.42. The Labute approximate surface area is 139 Å². The lowest BCUT2D eigenvalue weighted by atomic mass is 9.86. The minimum absolute atomic E-state index is 0.136. The molecule has 2 aliphatic heterocycles. The van der Waals surface area contributed by atoms with Gasteiger partial charge in [0.2, 0.25) is 0 Å². The summed E-state index contributed by atoms with van der Waals surface area (Å²) in [6, 6.07) is 9.19. The fourth-order valence-corrected chi connectivity index (χ4v) is 4.31. The van der Waals surface area contributed by atoms with E-state index in [1.165, 1.54) is 31.2 Å². The number of carbonyl (C=O) groups is 1. The van der Waals surface area contributed by atoms with Gasteiger partial charge in [0.25, 0.3) is 5.91 Å². The average molecular weight is 309 g/mol. The maximum absolute atomic E-state index is 13.0. The quantitative estimate of drug-likeness (QED) is 0.680. The van der Waals surface area contributed by atoms with Crippen molar-refractivity contribution in [3.8, 4) is 0 Å². The van der Waals surface area contributed by atoms with Gasteiger partial charge in [0.1, 0.15) is 0 Å². The number of benzene rings is 1. The van der Waals surface area contributed by atoms with Crippen LogP contribution in [0.25, 0.3) is 0 Å². The molecule has 3 fully saturated rings. The van der Waals surface area contributed by atoms with E-state index in [0.717, 1.165) is 18.4 Å². The summed E-state index contributed by atoms with van der Waals surface area (Å²) in [5, 5.41) is 0. The number of nitrogens with zero attached hydrogens (tertiary/aromatic N) is 1. The zero-order valence-corrected chi connectivity index (χ0v) is 14.6. The SMILES string of the molecule is CC(C)(C)c1ccc(C(=O)N2C3CCC2CC(=C2CC2)C3)cc1. The first-order chi connectivity index (χ1) is 10.9. The third-order valence-electron chi connectivity index (χ3n) is 5.82. The molecule has 1 saturated carbocycles. The molecule has 122 valence electrons. The van der Waals surface area contributed by atoms with Crippen molar-refractivity contribution in [2.45, 2.75) is 76.8 Å². The van der Waals surface area contributed by atoms with Crippen LogP contribution in [0.1, 0.15) is 75.2 Å². The van der Waals surface area contributed by atoms with Gasteiger partial charge in [0, 0.05) is 17.6 Å². The van der Waals surface area contributed by atoms with Crippen molar-refractivity contribution in [1.29, 1.82) is 0 Å². The van der Waals surface area contributed by atoms with Crippen molar-refractivity contribution >= 4 is 5.91 Å². The fourth-order valence-electron chi connectivity index (χ4n) is 4.31. The third-order valence-corrected chi connectivity index (χ3v) is 5.82. The van der Waals surface area contributed by atoms with Crippen molar-refractivity contribution in [2.24, 2.45) is 0 Å². The lowest BCUT2D eigenvalue weighted by Crippen LogP contribution is -2.44. The van der Waals surface area contributed by atoms with E-state index in [1.54, 1.807) is 11.1 Å². The summed E-state index contributed by atoms with van der Waals surface area (Å²) in [4.78, 5) is 15.2. The smallest absolute Gasteiger partial charge is 0.254 e. The number of carbonyl (C=O) groups excluding carboxylic acids is 1. The van der Waals surface area contributed by atoms with E-state index in [4.69, 9.17) is 0 Å². The van der Waals surface area contributed by atoms with Gasteiger partial charge >= 0.3 is 0 Å². The highest BCUT2D eigenvalue weighted by atomic mass is 16.2. The number of piperidine rings is 1. The standard InChI is InChI=1S/C21H27NO/c1-21(2,3)17-8-6-15(7-9-17)20(23)22-18-10-11-19(22)13-16(12-18)14-4-5-14/h6-9,18-19H,4-5,10-13H2,1-3H3. The minimum Gasteiger partial charge on any atom is -0.332 e. The van der Waals surface area contributed by atoms with Crippen LogP contribution < -0.4 is 0 Å². The summed E-state index contributed by atoms with van der Waals surface area (Å²) >= 11 is 0. The molecule has 1 amide bonds. The Morgan fingerprint density at radius 2 is 1.52 bits per heavy atom. The molecule has 2 nitrogen and oxygen atoms in total. The Balaban J connectivity index is 1.54. The molecule has 4 rings (SSSR count). The van der Waals surface area contributed by atoms with Crippen LogP contribution in [-0.2, 0) is 5.41 Å². The number of hydrogen-bond acceptors (Lipinski definition) is 1. The largest absolute Gasteiger partial charge is 0.332 e. The first-order valence-corrected chi connectivity index (χ1v) is 9.06. The molecule has 1 aromatic rings. The molecule has 2 saturated heterocycles. The van der Waals surface area contributed by atoms with Crippen LogP contribution in [0.3, 0.4) is 0 Å². The molecule has 2 heterocycles. The van der Waals surface area contributed by atoms with E-state index >= 15 is 0 Å². The van der Waals surface area contributed by atoms with Crippen LogP contribution in [0.15, 0.2) is 35.4 Å². The number of amides is 1. The molecule has 2 unspecified atom stereocenters. The zero-order chi connectivity index (χ0) is 16.2. The van der Waals surface area contributed by atoms with Crippen molar-refractivity contribution in [2.75, 3.05) is 0 Å². The van der Waals surface area contributed by atoms with Gasteiger partial charge in [-0.25, -0.2) is 0 Å². The molecular formula is C21H27NO. The fraction of sp³-hybridized carbons (Fsp3) is 0.571. The predicted molar refractivity (Wildman–Crippen MR) is 93.6 cm³/mol. The summed E-state index contributed by atoms with van der Waals surface area (Å²) in [6.07, 6.45) is 7.28. The predicted octanol–water partition coefficient (Wildman–Crippen LogP) is 4.84. The second kappa shape index (κ2) is 5.22. The first kappa shape index (κ1) is 15.0. The van der Waals surface area contributed by atoms with Gasteiger partial charge in [-0.1, -0.05) is 44.1 Å². The number of hydrogen-bond donors (Lipinski definition) is 0. The first-order valence-electron chi connectivity index (χ1n) is 9.06. The number of allylic oxidation sites excluding steroid dienone is 1. The summed E-state index contributed by atoms with van der Waals surface area (Å²) < 4.78 is 0. The van der Waals surface area contributed by atoms with Crippen LogP contribution in [0, 0.1) is 0 Å². The van der Waals surface area contributed by atoms with Crippen molar-refractivity contribution < 1.29 is 4.79 Å². The van der Waals surface area contributed by atoms with Crippen LogP contribution in [0.5, 0.6) is 0 Å². The van der Waals surface area contributed by atoms with E-state index in [0.29, 0.717) is 12.1 Å². The summed E-state index contributed by atoms with van der Waals surface area (Å²) in [7, 11) is 0. The molecule has 2 bridgehead atoms. The van der Waals surface area contributed by atoms with E-state index < -0.39 is 0 Å². The van der Waals surface area contributed by atoms with E-state index in [9.17, 15) is 4.79 Å². The van der Waals surface area contributed by atoms with E-state index in [1.807, 2.05) is 12.1 Å². The molecule has 3 aliphatic rings. The Bertz CT molecular complexity index is 640. The summed E-state index contributed by atoms with van der Waals surface area (Å²) in [5.74, 6) is 0.248. The van der Waals surface area contributed by atoms with Gasteiger partial charge in [-0.05, 0) is 61.6 Å². The highest BCUT2D eigenvalue weighted by molar-refractivity contribution is 5.95. The lowest BCUT2D eigenvalue weighted by molar-refractivity contribution is 0.0634. The summed E-state index contributed by atoms with van der Waals surface area (Å²) in [5.41, 5.74) is 5.67. The van der Waals surface area contributed by atoms with E-state index in [2.05, 4.69) is 37.8 Å². The van der Waals surface area contributed by atoms with Gasteiger partial charge in [0.05, 0.1) is 0 Å². The monoisotopic (exact) mass is 309 g/mol. The van der Waals surface area contributed by atoms with Gasteiger partial charge in [-0.3, -0.25) is 4.79 Å². The Morgan fingerprint density at radius 3 is 2.00 bits per heavy atom. The molecule has 0 N–H and O–H groups in total. The Kier molecular flexibility index (Phi) is 3.40.